The van der Waals surface area contributed by atoms with Crippen LogP contribution in [0.15, 0.2) is 48.8 Å². The molecule has 0 N–H and O–H groups in total. The maximum absolute atomic E-state index is 13.0. The lowest BCUT2D eigenvalue weighted by atomic mass is 9.73. The molecule has 1 saturated heterocycles. The smallest absolute Gasteiger partial charge is 0.312 e. The zero-order chi connectivity index (χ0) is 20.7. The van der Waals surface area contributed by atoms with Crippen molar-refractivity contribution in [2.45, 2.75) is 45.6 Å². The van der Waals surface area contributed by atoms with E-state index in [-0.39, 0.29) is 5.97 Å². The van der Waals surface area contributed by atoms with Crippen molar-refractivity contribution in [2.75, 3.05) is 26.8 Å². The molecule has 0 unspecified atom stereocenters. The first-order chi connectivity index (χ1) is 14.1. The maximum atomic E-state index is 13.0. The predicted octanol–water partition coefficient (Wildman–Crippen LogP) is 3.91. The third kappa shape index (κ3) is 5.36. The zero-order valence-electron chi connectivity index (χ0n) is 17.8. The molecule has 5 nitrogen and oxygen atoms in total. The highest BCUT2D eigenvalue weighted by atomic mass is 16.5. The number of esters is 1. The molecule has 1 atom stereocenters. The van der Waals surface area contributed by atoms with Gasteiger partial charge in [0.1, 0.15) is 5.75 Å². The van der Waals surface area contributed by atoms with Gasteiger partial charge in [-0.05, 0) is 81.9 Å². The van der Waals surface area contributed by atoms with Crippen LogP contribution in [0, 0.1) is 5.41 Å². The number of pyridine rings is 1. The molecule has 0 spiro atoms. The third-order valence-electron chi connectivity index (χ3n) is 6.02. The Labute approximate surface area is 174 Å². The normalized spacial score (nSPS) is 17.5. The van der Waals surface area contributed by atoms with Crippen molar-refractivity contribution in [3.05, 3.63) is 59.9 Å². The number of carbonyl (C=O) groups excluding carboxylic acids is 1. The lowest BCUT2D eigenvalue weighted by Crippen LogP contribution is -2.49. The number of ether oxygens (including phenoxy) is 2. The topological polar surface area (TPSA) is 51.7 Å². The molecule has 1 aromatic heterocycles. The molecule has 1 fully saturated rings. The van der Waals surface area contributed by atoms with E-state index in [1.807, 2.05) is 37.4 Å². The van der Waals surface area contributed by atoms with Gasteiger partial charge in [-0.25, -0.2) is 0 Å². The van der Waals surface area contributed by atoms with Crippen LogP contribution in [-0.2, 0) is 22.4 Å². The van der Waals surface area contributed by atoms with Crippen LogP contribution in [0.5, 0.6) is 5.75 Å². The minimum Gasteiger partial charge on any atom is -0.497 e. The van der Waals surface area contributed by atoms with Gasteiger partial charge in [-0.1, -0.05) is 18.2 Å². The monoisotopic (exact) mass is 396 g/mol. The number of hydrogen-bond donors (Lipinski definition) is 0. The van der Waals surface area contributed by atoms with Crippen LogP contribution in [0.2, 0.25) is 0 Å². The molecule has 29 heavy (non-hydrogen) atoms. The lowest BCUT2D eigenvalue weighted by molar-refractivity contribution is -0.159. The van der Waals surface area contributed by atoms with E-state index < -0.39 is 5.41 Å². The summed E-state index contributed by atoms with van der Waals surface area (Å²) in [4.78, 5) is 19.7. The number of aromatic nitrogens is 1. The van der Waals surface area contributed by atoms with Gasteiger partial charge in [-0.3, -0.25) is 9.78 Å². The van der Waals surface area contributed by atoms with E-state index in [1.165, 1.54) is 5.56 Å². The number of methoxy groups -OCH3 is 1. The summed E-state index contributed by atoms with van der Waals surface area (Å²) in [5.74, 6) is 0.756. The molecule has 1 aromatic carbocycles. The molecule has 156 valence electrons. The molecule has 0 amide bonds. The van der Waals surface area contributed by atoms with Gasteiger partial charge in [-0.2, -0.15) is 0 Å². The first-order valence-corrected chi connectivity index (χ1v) is 10.5. The highest BCUT2D eigenvalue weighted by Crippen LogP contribution is 2.38. The molecule has 2 heterocycles. The molecule has 0 bridgehead atoms. The number of rotatable bonds is 8. The van der Waals surface area contributed by atoms with Crippen molar-refractivity contribution < 1.29 is 14.3 Å². The summed E-state index contributed by atoms with van der Waals surface area (Å²) < 4.78 is 10.9. The molecule has 1 aliphatic heterocycles. The maximum Gasteiger partial charge on any atom is 0.312 e. The van der Waals surface area contributed by atoms with Crippen LogP contribution in [-0.4, -0.2) is 48.7 Å². The second kappa shape index (κ2) is 9.88. The first kappa shape index (κ1) is 21.3. The van der Waals surface area contributed by atoms with Gasteiger partial charge in [0, 0.05) is 18.4 Å². The third-order valence-corrected chi connectivity index (χ3v) is 6.02. The van der Waals surface area contributed by atoms with Gasteiger partial charge in [0.25, 0.3) is 0 Å². The van der Waals surface area contributed by atoms with Crippen molar-refractivity contribution in [1.82, 2.24) is 9.88 Å². The summed E-state index contributed by atoms with van der Waals surface area (Å²) in [7, 11) is 1.67. The van der Waals surface area contributed by atoms with Crippen LogP contribution in [0.1, 0.15) is 37.8 Å². The van der Waals surface area contributed by atoms with Crippen LogP contribution in [0.25, 0.3) is 0 Å². The second-order valence-electron chi connectivity index (χ2n) is 7.98. The lowest BCUT2D eigenvalue weighted by Gasteiger charge is -2.42. The molecular weight excluding hydrogens is 364 g/mol. The summed E-state index contributed by atoms with van der Waals surface area (Å²) in [6, 6.07) is 12.5. The first-order valence-electron chi connectivity index (χ1n) is 10.5. The Morgan fingerprint density at radius 2 is 1.97 bits per heavy atom. The number of piperidine rings is 1. The SMILES string of the molecule is CCOC(=O)C1(Cc2cccc(OC)c2)CCN([C@H](C)Cc2cccnc2)CC1. The van der Waals surface area contributed by atoms with Crippen molar-refractivity contribution in [3.63, 3.8) is 0 Å². The number of hydrogen-bond acceptors (Lipinski definition) is 5. The molecular formula is C24H32N2O3. The number of likely N-dealkylation sites (tertiary alicyclic amines) is 1. The van der Waals surface area contributed by atoms with E-state index in [0.29, 0.717) is 19.1 Å². The molecule has 5 heteroatoms. The zero-order valence-corrected chi connectivity index (χ0v) is 17.8. The second-order valence-corrected chi connectivity index (χ2v) is 7.98. The minimum absolute atomic E-state index is 0.0672. The Balaban J connectivity index is 1.69. The highest BCUT2D eigenvalue weighted by Gasteiger charge is 2.43. The van der Waals surface area contributed by atoms with E-state index in [9.17, 15) is 4.79 Å². The van der Waals surface area contributed by atoms with E-state index >= 15 is 0 Å². The highest BCUT2D eigenvalue weighted by molar-refractivity contribution is 5.77. The largest absolute Gasteiger partial charge is 0.497 e. The number of nitrogens with zero attached hydrogens (tertiary/aromatic N) is 2. The molecule has 0 aliphatic carbocycles. The van der Waals surface area contributed by atoms with Gasteiger partial charge in [0.05, 0.1) is 19.1 Å². The Morgan fingerprint density at radius 1 is 1.21 bits per heavy atom. The Bertz CT molecular complexity index is 786. The van der Waals surface area contributed by atoms with E-state index in [4.69, 9.17) is 9.47 Å². The summed E-state index contributed by atoms with van der Waals surface area (Å²) in [5, 5.41) is 0. The summed E-state index contributed by atoms with van der Waals surface area (Å²) in [6.07, 6.45) is 7.01. The van der Waals surface area contributed by atoms with Crippen molar-refractivity contribution >= 4 is 5.97 Å². The molecule has 2 aromatic rings. The standard InChI is InChI=1S/C24H32N2O3/c1-4-29-23(27)24(17-20-7-5-9-22(16-20)28-3)10-13-26(14-11-24)19(2)15-21-8-6-12-25-18-21/h5-9,12,16,18-19H,4,10-11,13-15,17H2,1-3H3/t19-/m1/s1. The molecule has 3 rings (SSSR count). The minimum atomic E-state index is -0.465. The molecule has 0 radical (unpaired) electrons. The summed E-state index contributed by atoms with van der Waals surface area (Å²) in [6.45, 7) is 6.34. The van der Waals surface area contributed by atoms with E-state index in [1.54, 1.807) is 13.3 Å². The van der Waals surface area contributed by atoms with E-state index in [2.05, 4.69) is 28.9 Å². The summed E-state index contributed by atoms with van der Waals surface area (Å²) >= 11 is 0. The van der Waals surface area contributed by atoms with Crippen LogP contribution >= 0.6 is 0 Å². The Morgan fingerprint density at radius 3 is 2.62 bits per heavy atom. The average molecular weight is 397 g/mol. The van der Waals surface area contributed by atoms with Gasteiger partial charge < -0.3 is 14.4 Å². The fourth-order valence-electron chi connectivity index (χ4n) is 4.29. The number of carbonyl (C=O) groups is 1. The van der Waals surface area contributed by atoms with Gasteiger partial charge >= 0.3 is 5.97 Å². The Kier molecular flexibility index (Phi) is 7.26. The molecule has 1 aliphatic rings. The van der Waals surface area contributed by atoms with Crippen LogP contribution < -0.4 is 4.74 Å². The van der Waals surface area contributed by atoms with Crippen molar-refractivity contribution in [3.8, 4) is 5.75 Å². The van der Waals surface area contributed by atoms with Gasteiger partial charge in [0.2, 0.25) is 0 Å². The van der Waals surface area contributed by atoms with Gasteiger partial charge in [0.15, 0.2) is 0 Å². The van der Waals surface area contributed by atoms with E-state index in [0.717, 1.165) is 43.7 Å². The predicted molar refractivity (Wildman–Crippen MR) is 114 cm³/mol. The quantitative estimate of drug-likeness (QED) is 0.633. The average Bonchev–Trinajstić information content (AvgIpc) is 2.75. The van der Waals surface area contributed by atoms with Crippen molar-refractivity contribution in [2.24, 2.45) is 5.41 Å². The van der Waals surface area contributed by atoms with Crippen LogP contribution in [0.3, 0.4) is 0 Å². The number of benzene rings is 1. The fraction of sp³-hybridized carbons (Fsp3) is 0.500. The van der Waals surface area contributed by atoms with Gasteiger partial charge in [-0.15, -0.1) is 0 Å². The van der Waals surface area contributed by atoms with Crippen molar-refractivity contribution in [1.29, 1.82) is 0 Å². The van der Waals surface area contributed by atoms with Crippen LogP contribution in [0.4, 0.5) is 0 Å². The summed E-state index contributed by atoms with van der Waals surface area (Å²) in [5.41, 5.74) is 1.90. The fourth-order valence-corrected chi connectivity index (χ4v) is 4.29. The molecule has 0 saturated carbocycles. The Hall–Kier alpha value is -2.40.